The number of aliphatic hydroxyl groups is 3. The van der Waals surface area contributed by atoms with Gasteiger partial charge in [-0.05, 0) is 69.0 Å². The Labute approximate surface area is 249 Å². The zero-order chi connectivity index (χ0) is 31.5. The second-order valence-electron chi connectivity index (χ2n) is 10.7. The molecule has 0 aromatic carbocycles. The number of hydrazine groups is 1. The minimum Gasteiger partial charge on any atom is -0.475 e. The first-order valence-electron chi connectivity index (χ1n) is 13.7. The van der Waals surface area contributed by atoms with Crippen molar-refractivity contribution in [2.24, 2.45) is 29.4 Å². The molecule has 4 heterocycles. The third kappa shape index (κ3) is 10.9. The summed E-state index contributed by atoms with van der Waals surface area (Å²) in [5.74, 6) is 7.35. The van der Waals surface area contributed by atoms with Crippen LogP contribution in [0.3, 0.4) is 0 Å². The minimum atomic E-state index is -5.08. The number of aliphatic hydroxyl groups excluding tert-OH is 3. The zero-order valence-electron chi connectivity index (χ0n) is 24.3. The number of thioether (sulfide) groups is 2. The van der Waals surface area contributed by atoms with Crippen LogP contribution in [0.15, 0.2) is 0 Å². The summed E-state index contributed by atoms with van der Waals surface area (Å²) in [4.78, 5) is 8.90. The Morgan fingerprint density at radius 3 is 1.61 bits per heavy atom. The number of ether oxygens (including phenoxy) is 2. The van der Waals surface area contributed by atoms with Gasteiger partial charge in [-0.15, -0.1) is 23.5 Å². The zero-order valence-corrected chi connectivity index (χ0v) is 25.9. The topological polar surface area (TPSA) is 193 Å². The first kappa shape index (κ1) is 38.6. The van der Waals surface area contributed by atoms with Gasteiger partial charge in [0.25, 0.3) is 0 Å². The van der Waals surface area contributed by atoms with E-state index in [-0.39, 0.29) is 6.04 Å². The van der Waals surface area contributed by atoms with Crippen LogP contribution in [0.2, 0.25) is 0 Å². The Balaban J connectivity index is 0.000000320. The maximum atomic E-state index is 10.6. The van der Waals surface area contributed by atoms with Crippen LogP contribution >= 0.6 is 23.5 Å². The number of nitrogens with one attached hydrogen (secondary N) is 2. The van der Waals surface area contributed by atoms with E-state index in [0.29, 0.717) is 29.4 Å². The molecule has 0 bridgehead atoms. The Morgan fingerprint density at radius 2 is 1.22 bits per heavy atom. The molecule has 10 N–H and O–H groups in total. The molecule has 0 radical (unpaired) electrons. The number of carbonyl (C=O) groups is 1. The van der Waals surface area contributed by atoms with Gasteiger partial charge in [0.2, 0.25) is 0 Å². The molecule has 41 heavy (non-hydrogen) atoms. The lowest BCUT2D eigenvalue weighted by molar-refractivity contribution is -0.203. The van der Waals surface area contributed by atoms with Crippen molar-refractivity contribution in [3.05, 3.63) is 0 Å². The van der Waals surface area contributed by atoms with E-state index in [1.54, 1.807) is 0 Å². The van der Waals surface area contributed by atoms with Gasteiger partial charge >= 0.3 is 12.1 Å². The lowest BCUT2D eigenvalue weighted by Gasteiger charge is -2.45. The molecule has 0 aromatic rings. The van der Waals surface area contributed by atoms with Crippen molar-refractivity contribution in [3.63, 3.8) is 0 Å². The van der Waals surface area contributed by atoms with Gasteiger partial charge in [-0.3, -0.25) is 11.7 Å². The van der Waals surface area contributed by atoms with E-state index in [0.717, 1.165) is 25.3 Å². The van der Waals surface area contributed by atoms with E-state index in [1.165, 1.54) is 31.1 Å². The third-order valence-corrected chi connectivity index (χ3v) is 10.1. The number of nitrogens with two attached hydrogens (primary N) is 2. The smallest absolute Gasteiger partial charge is 0.475 e. The van der Waals surface area contributed by atoms with Crippen LogP contribution in [-0.2, 0) is 14.3 Å². The number of alkyl halides is 3. The molecule has 11 nitrogen and oxygen atoms in total. The SMILES string of the molecule is CSC1O[C@H]([C@H]2CCCN2)C(C)[C@@H](C)[C@H]1C.CSC1O[C@H]([C@H]2CCCN2)C(O)[C@@H](O)[C@H]1O.NN.O=C(O)C(F)(F)F. The van der Waals surface area contributed by atoms with Gasteiger partial charge in [-0.2, -0.15) is 13.2 Å². The summed E-state index contributed by atoms with van der Waals surface area (Å²) >= 11 is 3.22. The lowest BCUT2D eigenvalue weighted by Crippen LogP contribution is -2.61. The number of hydrogen-bond acceptors (Lipinski definition) is 12. The second kappa shape index (κ2) is 18.4. The summed E-state index contributed by atoms with van der Waals surface area (Å²) < 4.78 is 43.7. The lowest BCUT2D eigenvalue weighted by atomic mass is 9.77. The van der Waals surface area contributed by atoms with Gasteiger partial charge in [-0.1, -0.05) is 20.8 Å². The van der Waals surface area contributed by atoms with Gasteiger partial charge in [0, 0.05) is 12.1 Å². The molecule has 244 valence electrons. The molecule has 16 heteroatoms. The fourth-order valence-corrected chi connectivity index (χ4v) is 7.14. The van der Waals surface area contributed by atoms with Gasteiger partial charge in [0.05, 0.1) is 6.10 Å². The largest absolute Gasteiger partial charge is 0.490 e. The summed E-state index contributed by atoms with van der Waals surface area (Å²) in [6.45, 7) is 9.18. The maximum absolute atomic E-state index is 10.6. The van der Waals surface area contributed by atoms with Gasteiger partial charge in [0.15, 0.2) is 0 Å². The normalized spacial score (nSPS) is 40.7. The van der Waals surface area contributed by atoms with E-state index in [9.17, 15) is 28.5 Å². The highest BCUT2D eigenvalue weighted by Crippen LogP contribution is 2.40. The van der Waals surface area contributed by atoms with E-state index < -0.39 is 42.0 Å². The fraction of sp³-hybridized carbons (Fsp3) is 0.960. The Bertz CT molecular complexity index is 700. The number of rotatable bonds is 4. The van der Waals surface area contributed by atoms with Gasteiger partial charge < -0.3 is 40.5 Å². The molecule has 0 spiro atoms. The number of aliphatic carboxylic acids is 1. The van der Waals surface area contributed by atoms with Crippen molar-refractivity contribution in [2.45, 2.75) is 106 Å². The van der Waals surface area contributed by atoms with Gasteiger partial charge in [-0.25, -0.2) is 4.79 Å². The minimum absolute atomic E-state index is 0.0757. The van der Waals surface area contributed by atoms with Gasteiger partial charge in [0.1, 0.15) is 35.3 Å². The fourth-order valence-electron chi connectivity index (χ4n) is 5.54. The molecule has 12 atom stereocenters. The molecule has 4 saturated heterocycles. The molecule has 4 aliphatic rings. The second-order valence-corrected chi connectivity index (χ2v) is 12.5. The molecule has 4 fully saturated rings. The van der Waals surface area contributed by atoms with E-state index in [2.05, 4.69) is 49.3 Å². The maximum Gasteiger partial charge on any atom is 0.490 e. The summed E-state index contributed by atoms with van der Waals surface area (Å²) in [5.41, 5.74) is -0.0793. The average Bonchev–Trinajstić information content (AvgIpc) is 3.68. The van der Waals surface area contributed by atoms with E-state index in [4.69, 9.17) is 19.4 Å². The van der Waals surface area contributed by atoms with Crippen LogP contribution in [0.25, 0.3) is 0 Å². The quantitative estimate of drug-likeness (QED) is 0.161. The highest BCUT2D eigenvalue weighted by molar-refractivity contribution is 7.99. The van der Waals surface area contributed by atoms with Crippen LogP contribution in [-0.4, -0.2) is 112 Å². The first-order chi connectivity index (χ1) is 19.2. The molecule has 0 amide bonds. The highest BCUT2D eigenvalue weighted by atomic mass is 32.2. The number of halogens is 3. The number of hydrogen-bond donors (Lipinski definition) is 8. The Kier molecular flexibility index (Phi) is 17.4. The van der Waals surface area contributed by atoms with Crippen molar-refractivity contribution in [2.75, 3.05) is 25.6 Å². The molecular formula is C25H49F3N4O7S2. The van der Waals surface area contributed by atoms with E-state index in [1.807, 2.05) is 18.0 Å². The average molecular weight is 639 g/mol. The molecule has 4 aliphatic heterocycles. The molecule has 0 aliphatic carbocycles. The predicted octanol–water partition coefficient (Wildman–Crippen LogP) is 1.10. The van der Waals surface area contributed by atoms with Crippen molar-refractivity contribution in [1.82, 2.24) is 10.6 Å². The summed E-state index contributed by atoms with van der Waals surface area (Å²) in [5, 5.41) is 43.3. The standard InChI is InChI=1S/C13H25NOS.C10H19NO4S.C2HF3O2.H4N2/c1-8-9(2)12(11-6-5-7-14-11)15-13(16-4)10(8)3;1-16-10-8(14)6(12)7(13)9(15-10)5-3-2-4-11-5;3-2(4,5)1(6)7;1-2/h8-14H,5-7H2,1-4H3;5-14H,2-4H2,1H3;(H,6,7);1-2H2/t8-,9?,10-,11-,12+,13?;5-,6-,7?,8-,9-,10?;;/m11../s1. The molecule has 4 unspecified atom stereocenters. The van der Waals surface area contributed by atoms with Crippen LogP contribution < -0.4 is 22.3 Å². The molecule has 0 saturated carbocycles. The van der Waals surface area contributed by atoms with Crippen LogP contribution in [0.5, 0.6) is 0 Å². The summed E-state index contributed by atoms with van der Waals surface area (Å²) in [6.07, 6.45) is 0.314. The van der Waals surface area contributed by atoms with Crippen LogP contribution in [0, 0.1) is 17.8 Å². The Hall–Kier alpha value is -0.400. The van der Waals surface area contributed by atoms with Crippen LogP contribution in [0.4, 0.5) is 13.2 Å². The summed E-state index contributed by atoms with van der Waals surface area (Å²) in [6, 6.07) is 0.673. The van der Waals surface area contributed by atoms with Crippen molar-refractivity contribution in [1.29, 1.82) is 0 Å². The first-order valence-corrected chi connectivity index (χ1v) is 16.3. The monoisotopic (exact) mass is 638 g/mol. The molecular weight excluding hydrogens is 589 g/mol. The Morgan fingerprint density at radius 1 is 0.780 bits per heavy atom. The van der Waals surface area contributed by atoms with Crippen molar-refractivity contribution in [3.8, 4) is 0 Å². The number of carboxylic acids is 1. The summed E-state index contributed by atoms with van der Waals surface area (Å²) in [7, 11) is 0. The van der Waals surface area contributed by atoms with Crippen molar-refractivity contribution >= 4 is 29.5 Å². The van der Waals surface area contributed by atoms with E-state index >= 15 is 0 Å². The molecule has 0 aromatic heterocycles. The predicted molar refractivity (Wildman–Crippen MR) is 154 cm³/mol. The van der Waals surface area contributed by atoms with Crippen molar-refractivity contribution < 1.29 is 47.9 Å². The highest BCUT2D eigenvalue weighted by Gasteiger charge is 2.47. The van der Waals surface area contributed by atoms with Crippen LogP contribution in [0.1, 0.15) is 46.5 Å². The number of carboxylic acid groups (broad SMARTS) is 1. The molecule has 4 rings (SSSR count). The third-order valence-electron chi connectivity index (χ3n) is 8.20.